The van der Waals surface area contributed by atoms with Gasteiger partial charge in [-0.1, -0.05) is 6.07 Å². The SMILES string of the molecule is COC(=O)[C@@H]1CSCc2c(O)cccc2C(=O)OC[C@@H](NC(=O)[C@H](CO)NC(=O)OC(C)(C)C)C(=O)N1. The third-order valence-electron chi connectivity index (χ3n) is 4.91. The number of thioether (sulfide) groups is 1. The molecule has 2 rings (SSSR count). The number of aliphatic hydroxyl groups is 1. The smallest absolute Gasteiger partial charge is 0.408 e. The van der Waals surface area contributed by atoms with E-state index in [9.17, 15) is 34.2 Å². The highest BCUT2D eigenvalue weighted by Crippen LogP contribution is 2.27. The predicted molar refractivity (Wildman–Crippen MR) is 131 cm³/mol. The zero-order valence-corrected chi connectivity index (χ0v) is 21.7. The summed E-state index contributed by atoms with van der Waals surface area (Å²) in [5.74, 6) is -3.44. The Labute approximate surface area is 217 Å². The van der Waals surface area contributed by atoms with Gasteiger partial charge in [0, 0.05) is 17.1 Å². The molecule has 14 heteroatoms. The van der Waals surface area contributed by atoms with Crippen LogP contribution in [0.1, 0.15) is 36.7 Å². The quantitative estimate of drug-likeness (QED) is 0.246. The van der Waals surface area contributed by atoms with E-state index in [1.807, 2.05) is 0 Å². The van der Waals surface area contributed by atoms with E-state index in [0.717, 1.165) is 18.9 Å². The van der Waals surface area contributed by atoms with Gasteiger partial charge in [-0.05, 0) is 32.9 Å². The van der Waals surface area contributed by atoms with Crippen LogP contribution in [-0.4, -0.2) is 89.9 Å². The Bertz CT molecular complexity index is 1030. The summed E-state index contributed by atoms with van der Waals surface area (Å²) in [6.45, 7) is 3.35. The number of hydrogen-bond donors (Lipinski definition) is 5. The maximum Gasteiger partial charge on any atom is 0.408 e. The number of phenols is 1. The van der Waals surface area contributed by atoms with Gasteiger partial charge in [0.15, 0.2) is 0 Å². The van der Waals surface area contributed by atoms with Gasteiger partial charge in [0.2, 0.25) is 11.8 Å². The van der Waals surface area contributed by atoms with Crippen LogP contribution in [-0.2, 0) is 34.3 Å². The van der Waals surface area contributed by atoms with E-state index in [1.54, 1.807) is 20.8 Å². The number of alkyl carbamates (subject to hydrolysis) is 1. The standard InChI is InChI=1S/C23H31N3O10S/c1-23(2,3)36-22(33)26-14(8-27)18(29)24-15-9-35-20(31)12-6-5-7-17(28)13(12)10-37-11-16(21(32)34-4)25-19(15)30/h5-7,14-16,27-28H,8-11H2,1-4H3,(H,24,29)(H,25,30)(H,26,33)/t14-,15+,16-/m0/s1. The predicted octanol–water partition coefficient (Wildman–Crippen LogP) is -0.176. The largest absolute Gasteiger partial charge is 0.508 e. The monoisotopic (exact) mass is 541 g/mol. The fourth-order valence-corrected chi connectivity index (χ4v) is 4.20. The van der Waals surface area contributed by atoms with Crippen LogP contribution in [0.15, 0.2) is 18.2 Å². The van der Waals surface area contributed by atoms with Gasteiger partial charge in [-0.2, -0.15) is 11.8 Å². The molecule has 3 amide bonds. The van der Waals surface area contributed by atoms with Crippen LogP contribution >= 0.6 is 11.8 Å². The summed E-state index contributed by atoms with van der Waals surface area (Å²) in [4.78, 5) is 62.7. The Morgan fingerprint density at radius 3 is 2.59 bits per heavy atom. The van der Waals surface area contributed by atoms with Gasteiger partial charge < -0.3 is 40.4 Å². The van der Waals surface area contributed by atoms with Crippen molar-refractivity contribution in [3.8, 4) is 5.75 Å². The molecule has 204 valence electrons. The van der Waals surface area contributed by atoms with Gasteiger partial charge in [-0.3, -0.25) is 9.59 Å². The lowest BCUT2D eigenvalue weighted by Gasteiger charge is -2.26. The van der Waals surface area contributed by atoms with Crippen molar-refractivity contribution in [3.63, 3.8) is 0 Å². The number of amides is 3. The van der Waals surface area contributed by atoms with E-state index in [-0.39, 0.29) is 28.4 Å². The second-order valence-electron chi connectivity index (χ2n) is 8.94. The first kappa shape index (κ1) is 29.7. The molecule has 0 radical (unpaired) electrons. The maximum atomic E-state index is 13.0. The van der Waals surface area contributed by atoms with Crippen molar-refractivity contribution >= 4 is 41.6 Å². The zero-order valence-electron chi connectivity index (χ0n) is 20.9. The number of carbonyl (C=O) groups is 5. The molecular weight excluding hydrogens is 510 g/mol. The minimum atomic E-state index is -1.51. The van der Waals surface area contributed by atoms with Crippen LogP contribution in [0.25, 0.3) is 0 Å². The number of nitrogens with one attached hydrogen (secondary N) is 3. The number of aromatic hydroxyl groups is 1. The lowest BCUT2D eigenvalue weighted by Crippen LogP contribution is -2.58. The second-order valence-corrected chi connectivity index (χ2v) is 9.97. The Morgan fingerprint density at radius 2 is 1.97 bits per heavy atom. The second kappa shape index (κ2) is 13.1. The molecule has 1 aliphatic heterocycles. The lowest BCUT2D eigenvalue weighted by atomic mass is 10.1. The number of carbonyl (C=O) groups excluding carboxylic acids is 5. The average Bonchev–Trinajstić information content (AvgIpc) is 2.82. The lowest BCUT2D eigenvalue weighted by molar-refractivity contribution is -0.144. The highest BCUT2D eigenvalue weighted by Gasteiger charge is 2.32. The minimum absolute atomic E-state index is 0.0291. The van der Waals surface area contributed by atoms with Gasteiger partial charge in [0.05, 0.1) is 19.3 Å². The van der Waals surface area contributed by atoms with E-state index in [4.69, 9.17) is 14.2 Å². The average molecular weight is 542 g/mol. The molecule has 0 unspecified atom stereocenters. The number of hydrogen-bond acceptors (Lipinski definition) is 11. The molecule has 1 aliphatic rings. The fourth-order valence-electron chi connectivity index (χ4n) is 3.12. The molecule has 0 saturated heterocycles. The molecule has 5 N–H and O–H groups in total. The van der Waals surface area contributed by atoms with Gasteiger partial charge in [0.1, 0.15) is 36.1 Å². The fraction of sp³-hybridized carbons (Fsp3) is 0.522. The zero-order chi connectivity index (χ0) is 27.8. The van der Waals surface area contributed by atoms with Crippen molar-refractivity contribution in [1.82, 2.24) is 16.0 Å². The molecule has 0 aromatic heterocycles. The van der Waals surface area contributed by atoms with Gasteiger partial charge in [-0.25, -0.2) is 14.4 Å². The Morgan fingerprint density at radius 1 is 1.27 bits per heavy atom. The number of aliphatic hydroxyl groups excluding tert-OH is 1. The molecule has 0 spiro atoms. The van der Waals surface area contributed by atoms with E-state index in [2.05, 4.69) is 16.0 Å². The molecule has 0 bridgehead atoms. The van der Waals surface area contributed by atoms with Crippen molar-refractivity contribution in [1.29, 1.82) is 0 Å². The van der Waals surface area contributed by atoms with Crippen LogP contribution in [0.5, 0.6) is 5.75 Å². The number of esters is 2. The molecule has 1 aromatic rings. The summed E-state index contributed by atoms with van der Waals surface area (Å²) in [7, 11) is 1.14. The number of benzene rings is 1. The molecule has 0 saturated carbocycles. The maximum absolute atomic E-state index is 13.0. The summed E-state index contributed by atoms with van der Waals surface area (Å²) in [6.07, 6.45) is -0.976. The molecule has 1 heterocycles. The first-order chi connectivity index (χ1) is 17.4. The van der Waals surface area contributed by atoms with Crippen molar-refractivity contribution in [2.45, 2.75) is 50.3 Å². The van der Waals surface area contributed by atoms with Crippen LogP contribution in [0.2, 0.25) is 0 Å². The van der Waals surface area contributed by atoms with Crippen LogP contribution in [0, 0.1) is 0 Å². The topological polar surface area (TPSA) is 190 Å². The number of methoxy groups -OCH3 is 1. The first-order valence-corrected chi connectivity index (χ1v) is 12.4. The highest BCUT2D eigenvalue weighted by molar-refractivity contribution is 7.98. The van der Waals surface area contributed by atoms with E-state index in [0.29, 0.717) is 0 Å². The Balaban J connectivity index is 2.28. The summed E-state index contributed by atoms with van der Waals surface area (Å²) in [5, 5.41) is 26.8. The normalized spacial score (nSPS) is 19.5. The van der Waals surface area contributed by atoms with Crippen LogP contribution < -0.4 is 16.0 Å². The van der Waals surface area contributed by atoms with Crippen LogP contribution in [0.3, 0.4) is 0 Å². The van der Waals surface area contributed by atoms with Crippen molar-refractivity contribution in [2.24, 2.45) is 0 Å². The summed E-state index contributed by atoms with van der Waals surface area (Å²) >= 11 is 1.15. The molecule has 0 aliphatic carbocycles. The Kier molecular flexibility index (Phi) is 10.6. The van der Waals surface area contributed by atoms with E-state index in [1.165, 1.54) is 18.2 Å². The molecule has 3 atom stereocenters. The summed E-state index contributed by atoms with van der Waals surface area (Å²) in [6, 6.07) is 0.145. The number of rotatable bonds is 5. The summed E-state index contributed by atoms with van der Waals surface area (Å²) < 4.78 is 15.1. The van der Waals surface area contributed by atoms with E-state index < -0.39 is 66.8 Å². The molecule has 1 aromatic carbocycles. The van der Waals surface area contributed by atoms with Crippen molar-refractivity contribution in [3.05, 3.63) is 29.3 Å². The van der Waals surface area contributed by atoms with Gasteiger partial charge in [0.25, 0.3) is 0 Å². The minimum Gasteiger partial charge on any atom is -0.508 e. The van der Waals surface area contributed by atoms with Crippen molar-refractivity contribution < 1.29 is 48.4 Å². The number of fused-ring (bicyclic) bond motifs is 1. The Hall–Kier alpha value is -3.52. The van der Waals surface area contributed by atoms with E-state index >= 15 is 0 Å². The number of cyclic esters (lactones) is 1. The van der Waals surface area contributed by atoms with Gasteiger partial charge >= 0.3 is 18.0 Å². The third-order valence-corrected chi connectivity index (χ3v) is 5.97. The van der Waals surface area contributed by atoms with Crippen molar-refractivity contribution in [2.75, 3.05) is 26.1 Å². The third kappa shape index (κ3) is 8.82. The number of ether oxygens (including phenoxy) is 3. The van der Waals surface area contributed by atoms with Gasteiger partial charge in [-0.15, -0.1) is 0 Å². The molecule has 37 heavy (non-hydrogen) atoms. The molecule has 13 nitrogen and oxygen atoms in total. The highest BCUT2D eigenvalue weighted by atomic mass is 32.2. The molecule has 0 fully saturated rings. The molecular formula is C23H31N3O10S. The first-order valence-electron chi connectivity index (χ1n) is 11.2. The summed E-state index contributed by atoms with van der Waals surface area (Å²) in [5.41, 5.74) is -0.545. The number of phenolic OH excluding ortho intramolecular Hbond substituents is 1. The van der Waals surface area contributed by atoms with Crippen LogP contribution in [0.4, 0.5) is 4.79 Å².